The van der Waals surface area contributed by atoms with Crippen molar-refractivity contribution in [3.05, 3.63) is 0 Å². The summed E-state index contributed by atoms with van der Waals surface area (Å²) in [5.41, 5.74) is 0. The van der Waals surface area contributed by atoms with E-state index >= 15 is 0 Å². The molecule has 0 aromatic heterocycles. The second kappa shape index (κ2) is 2.31. The highest BCUT2D eigenvalue weighted by atomic mass is 127. The largest absolute Gasteiger partial charge is 0.245 e. The third-order valence-electron chi connectivity index (χ3n) is 1.47. The summed E-state index contributed by atoms with van der Waals surface area (Å²) in [6.07, 6.45) is 2.78. The lowest BCUT2D eigenvalue weighted by Gasteiger charge is -2.09. The molecular weight excluding hydrogens is 201 g/mol. The Labute approximate surface area is 58.6 Å². The fourth-order valence-electron chi connectivity index (χ4n) is 0.898. The van der Waals surface area contributed by atoms with E-state index in [4.69, 9.17) is 0 Å². The van der Waals surface area contributed by atoms with Crippen molar-refractivity contribution in [1.29, 1.82) is 0 Å². The topological polar surface area (TPSA) is 3.24 Å². The molecule has 7 heavy (non-hydrogen) atoms. The van der Waals surface area contributed by atoms with Crippen molar-refractivity contribution in [3.8, 4) is 0 Å². The van der Waals surface area contributed by atoms with Gasteiger partial charge in [-0.25, -0.2) is 3.11 Å². The van der Waals surface area contributed by atoms with Crippen molar-refractivity contribution in [1.82, 2.24) is 3.11 Å². The second-order valence-electron chi connectivity index (χ2n) is 2.11. The predicted molar refractivity (Wildman–Crippen MR) is 39.4 cm³/mol. The van der Waals surface area contributed by atoms with E-state index in [1.165, 1.54) is 19.4 Å². The van der Waals surface area contributed by atoms with E-state index in [0.29, 0.717) is 0 Å². The lowest BCUT2D eigenvalue weighted by Crippen LogP contribution is -2.13. The van der Waals surface area contributed by atoms with E-state index in [1.807, 2.05) is 0 Å². The fourth-order valence-corrected chi connectivity index (χ4v) is 1.52. The van der Waals surface area contributed by atoms with Crippen molar-refractivity contribution < 1.29 is 0 Å². The van der Waals surface area contributed by atoms with Crippen LogP contribution in [0.15, 0.2) is 0 Å². The molecule has 0 spiro atoms. The number of nitrogens with zero attached hydrogens (tertiary/aromatic N) is 1. The minimum Gasteiger partial charge on any atom is -0.245 e. The number of rotatable bonds is 0. The van der Waals surface area contributed by atoms with E-state index in [-0.39, 0.29) is 0 Å². The van der Waals surface area contributed by atoms with Crippen molar-refractivity contribution >= 4 is 22.9 Å². The van der Waals surface area contributed by atoms with Crippen molar-refractivity contribution in [2.24, 2.45) is 0 Å². The molecule has 42 valence electrons. The lowest BCUT2D eigenvalue weighted by molar-refractivity contribution is 0.505. The highest BCUT2D eigenvalue weighted by Crippen LogP contribution is 2.19. The summed E-state index contributed by atoms with van der Waals surface area (Å²) < 4.78 is 2.37. The molecule has 0 bridgehead atoms. The first-order chi connectivity index (χ1) is 3.30. The minimum atomic E-state index is 0.834. The number of halogens is 1. The fraction of sp³-hybridized carbons (Fsp3) is 1.00. The lowest BCUT2D eigenvalue weighted by atomic mass is 10.3. The Bertz CT molecular complexity index is 57.1. The summed E-state index contributed by atoms with van der Waals surface area (Å²) >= 11 is 2.39. The summed E-state index contributed by atoms with van der Waals surface area (Å²) in [7, 11) is 0. The van der Waals surface area contributed by atoms with Gasteiger partial charge in [-0.1, -0.05) is 0 Å². The first kappa shape index (κ1) is 5.82. The maximum atomic E-state index is 2.39. The van der Waals surface area contributed by atoms with Crippen LogP contribution in [-0.4, -0.2) is 15.7 Å². The van der Waals surface area contributed by atoms with Gasteiger partial charge in [0, 0.05) is 35.5 Å². The molecule has 1 atom stereocenters. The molecule has 1 rings (SSSR count). The molecule has 1 aliphatic rings. The van der Waals surface area contributed by atoms with Crippen LogP contribution in [-0.2, 0) is 0 Å². The average molecular weight is 211 g/mol. The summed E-state index contributed by atoms with van der Waals surface area (Å²) in [5, 5.41) is 0. The Hall–Kier alpha value is 0.690. The predicted octanol–water partition coefficient (Wildman–Crippen LogP) is 1.82. The van der Waals surface area contributed by atoms with Crippen LogP contribution in [0.2, 0.25) is 0 Å². The van der Waals surface area contributed by atoms with Gasteiger partial charge in [0.25, 0.3) is 0 Å². The molecule has 0 aromatic rings. The standard InChI is InChI=1S/C5H10IN/c1-5-3-2-4-7(5)6/h5H,2-4H2,1H3/t5-/m1/s1. The van der Waals surface area contributed by atoms with Gasteiger partial charge in [-0.05, 0) is 19.8 Å². The Balaban J connectivity index is 2.33. The van der Waals surface area contributed by atoms with Crippen molar-refractivity contribution in [2.45, 2.75) is 25.8 Å². The van der Waals surface area contributed by atoms with Gasteiger partial charge in [-0.15, -0.1) is 0 Å². The smallest absolute Gasteiger partial charge is 0.0204 e. The molecule has 1 saturated heterocycles. The maximum absolute atomic E-state index is 2.39. The number of hydrogen-bond acceptors (Lipinski definition) is 1. The van der Waals surface area contributed by atoms with Gasteiger partial charge in [0.15, 0.2) is 0 Å². The molecule has 1 nitrogen and oxygen atoms in total. The van der Waals surface area contributed by atoms with Crippen molar-refractivity contribution in [3.63, 3.8) is 0 Å². The van der Waals surface area contributed by atoms with E-state index in [9.17, 15) is 0 Å². The molecular formula is C5H10IN. The van der Waals surface area contributed by atoms with Gasteiger partial charge < -0.3 is 0 Å². The molecule has 2 heteroatoms. The van der Waals surface area contributed by atoms with Gasteiger partial charge >= 0.3 is 0 Å². The molecule has 0 aliphatic carbocycles. The highest BCUT2D eigenvalue weighted by Gasteiger charge is 2.16. The molecule has 0 unspecified atom stereocenters. The summed E-state index contributed by atoms with van der Waals surface area (Å²) in [5.74, 6) is 0. The summed E-state index contributed by atoms with van der Waals surface area (Å²) in [4.78, 5) is 0. The van der Waals surface area contributed by atoms with Crippen LogP contribution in [0.4, 0.5) is 0 Å². The van der Waals surface area contributed by atoms with Crippen LogP contribution in [0.5, 0.6) is 0 Å². The molecule has 0 radical (unpaired) electrons. The molecule has 0 aromatic carbocycles. The normalized spacial score (nSPS) is 34.3. The van der Waals surface area contributed by atoms with E-state index in [0.717, 1.165) is 6.04 Å². The average Bonchev–Trinajstić information content (AvgIpc) is 1.91. The Morgan fingerprint density at radius 3 is 2.57 bits per heavy atom. The minimum absolute atomic E-state index is 0.834. The zero-order chi connectivity index (χ0) is 5.28. The zero-order valence-corrected chi connectivity index (χ0v) is 6.68. The van der Waals surface area contributed by atoms with E-state index in [2.05, 4.69) is 32.9 Å². The third kappa shape index (κ3) is 1.29. The monoisotopic (exact) mass is 211 g/mol. The molecule has 0 N–H and O–H groups in total. The highest BCUT2D eigenvalue weighted by molar-refractivity contribution is 14.1. The van der Waals surface area contributed by atoms with Crippen LogP contribution in [0.3, 0.4) is 0 Å². The van der Waals surface area contributed by atoms with Gasteiger partial charge in [0.05, 0.1) is 0 Å². The Kier molecular flexibility index (Phi) is 1.92. The Morgan fingerprint density at radius 2 is 2.43 bits per heavy atom. The molecule has 0 amide bonds. The third-order valence-corrected chi connectivity index (χ3v) is 2.91. The van der Waals surface area contributed by atoms with E-state index in [1.54, 1.807) is 0 Å². The second-order valence-corrected chi connectivity index (χ2v) is 3.35. The molecule has 1 aliphatic heterocycles. The van der Waals surface area contributed by atoms with Gasteiger partial charge in [-0.2, -0.15) is 0 Å². The van der Waals surface area contributed by atoms with Gasteiger partial charge in [0.1, 0.15) is 0 Å². The molecule has 0 saturated carbocycles. The first-order valence-electron chi connectivity index (χ1n) is 2.73. The van der Waals surface area contributed by atoms with Crippen LogP contribution >= 0.6 is 22.9 Å². The zero-order valence-electron chi connectivity index (χ0n) is 4.52. The molecule has 1 fully saturated rings. The van der Waals surface area contributed by atoms with Crippen LogP contribution in [0.1, 0.15) is 19.8 Å². The number of hydrogen-bond donors (Lipinski definition) is 0. The van der Waals surface area contributed by atoms with Crippen LogP contribution in [0.25, 0.3) is 0 Å². The summed E-state index contributed by atoms with van der Waals surface area (Å²) in [6.45, 7) is 3.57. The Morgan fingerprint density at radius 1 is 1.71 bits per heavy atom. The summed E-state index contributed by atoms with van der Waals surface area (Å²) in [6, 6.07) is 0.834. The SMILES string of the molecule is C[C@@H]1CCCN1I. The van der Waals surface area contributed by atoms with E-state index < -0.39 is 0 Å². The molecule has 1 heterocycles. The van der Waals surface area contributed by atoms with Gasteiger partial charge in [-0.3, -0.25) is 0 Å². The van der Waals surface area contributed by atoms with Gasteiger partial charge in [0.2, 0.25) is 0 Å². The quantitative estimate of drug-likeness (QED) is 0.436. The van der Waals surface area contributed by atoms with Crippen molar-refractivity contribution in [2.75, 3.05) is 6.54 Å². The van der Waals surface area contributed by atoms with Crippen LogP contribution in [0, 0.1) is 0 Å². The first-order valence-corrected chi connectivity index (χ1v) is 3.69. The van der Waals surface area contributed by atoms with Crippen LogP contribution < -0.4 is 0 Å². The maximum Gasteiger partial charge on any atom is 0.0204 e.